The molecule has 2 rings (SSSR count). The molecule has 18 heavy (non-hydrogen) atoms. The first-order valence-corrected chi connectivity index (χ1v) is 7.14. The van der Waals surface area contributed by atoms with Crippen LogP contribution < -0.4 is 10.6 Å². The van der Waals surface area contributed by atoms with Crippen molar-refractivity contribution in [2.45, 2.75) is 26.8 Å². The number of nitrogens with one attached hydrogen (secondary N) is 2. The van der Waals surface area contributed by atoms with Gasteiger partial charge < -0.3 is 10.6 Å². The Morgan fingerprint density at radius 2 is 2.17 bits per heavy atom. The second-order valence-corrected chi connectivity index (χ2v) is 5.24. The van der Waals surface area contributed by atoms with Gasteiger partial charge in [0.05, 0.1) is 0 Å². The Kier molecular flexibility index (Phi) is 4.59. The van der Waals surface area contributed by atoms with E-state index in [1.807, 2.05) is 12.3 Å². The normalized spacial score (nSPS) is 10.3. The highest BCUT2D eigenvalue weighted by Crippen LogP contribution is 2.18. The molecule has 2 heterocycles. The summed E-state index contributed by atoms with van der Waals surface area (Å²) in [5.41, 5.74) is 2.46. The predicted molar refractivity (Wildman–Crippen MR) is 79.4 cm³/mol. The molecule has 0 aliphatic rings. The Labute approximate surface area is 112 Å². The molecule has 0 unspecified atom stereocenters. The van der Waals surface area contributed by atoms with Gasteiger partial charge in [0.25, 0.3) is 0 Å². The topological polar surface area (TPSA) is 37.0 Å². The zero-order valence-electron chi connectivity index (χ0n) is 10.9. The molecule has 2 aromatic heterocycles. The van der Waals surface area contributed by atoms with Crippen molar-refractivity contribution in [1.82, 2.24) is 4.98 Å². The van der Waals surface area contributed by atoms with Gasteiger partial charge in [0, 0.05) is 35.9 Å². The molecule has 0 saturated carbocycles. The van der Waals surface area contributed by atoms with E-state index in [0.717, 1.165) is 31.0 Å². The molecule has 3 nitrogen and oxygen atoms in total. The SMILES string of the molecule is CCCNc1cc(NCc2sccc2C)ccn1. The molecular formula is C14H19N3S. The van der Waals surface area contributed by atoms with E-state index in [4.69, 9.17) is 0 Å². The molecule has 0 radical (unpaired) electrons. The first-order valence-electron chi connectivity index (χ1n) is 6.26. The minimum Gasteiger partial charge on any atom is -0.380 e. The number of thiophene rings is 1. The van der Waals surface area contributed by atoms with Crippen LogP contribution in [0.15, 0.2) is 29.8 Å². The maximum atomic E-state index is 4.29. The monoisotopic (exact) mass is 261 g/mol. The van der Waals surface area contributed by atoms with E-state index in [9.17, 15) is 0 Å². The third kappa shape index (κ3) is 3.47. The van der Waals surface area contributed by atoms with Gasteiger partial charge in [-0.25, -0.2) is 4.98 Å². The fourth-order valence-electron chi connectivity index (χ4n) is 1.66. The third-order valence-electron chi connectivity index (χ3n) is 2.74. The van der Waals surface area contributed by atoms with Gasteiger partial charge in [-0.2, -0.15) is 0 Å². The first-order chi connectivity index (χ1) is 8.79. The van der Waals surface area contributed by atoms with Crippen molar-refractivity contribution in [3.05, 3.63) is 40.2 Å². The molecule has 0 aliphatic carbocycles. The van der Waals surface area contributed by atoms with Crippen LogP contribution in [0.5, 0.6) is 0 Å². The number of anilines is 2. The minimum atomic E-state index is 0.876. The van der Waals surface area contributed by atoms with E-state index < -0.39 is 0 Å². The van der Waals surface area contributed by atoms with Crippen LogP contribution in [0.3, 0.4) is 0 Å². The Morgan fingerprint density at radius 1 is 1.28 bits per heavy atom. The summed E-state index contributed by atoms with van der Waals surface area (Å²) >= 11 is 1.79. The highest BCUT2D eigenvalue weighted by Gasteiger charge is 2.00. The molecule has 4 heteroatoms. The number of hydrogen-bond donors (Lipinski definition) is 2. The van der Waals surface area contributed by atoms with Crippen LogP contribution in [0.1, 0.15) is 23.8 Å². The number of pyridine rings is 1. The number of aryl methyl sites for hydroxylation is 1. The van der Waals surface area contributed by atoms with Gasteiger partial charge in [0.15, 0.2) is 0 Å². The third-order valence-corrected chi connectivity index (χ3v) is 3.76. The Morgan fingerprint density at radius 3 is 2.89 bits per heavy atom. The van der Waals surface area contributed by atoms with Crippen molar-refractivity contribution in [1.29, 1.82) is 0 Å². The summed E-state index contributed by atoms with van der Waals surface area (Å²) in [4.78, 5) is 5.68. The largest absolute Gasteiger partial charge is 0.380 e. The molecular weight excluding hydrogens is 242 g/mol. The van der Waals surface area contributed by atoms with Crippen molar-refractivity contribution in [3.8, 4) is 0 Å². The zero-order valence-corrected chi connectivity index (χ0v) is 11.7. The van der Waals surface area contributed by atoms with Gasteiger partial charge in [-0.05, 0) is 36.4 Å². The van der Waals surface area contributed by atoms with Crippen LogP contribution in [0.2, 0.25) is 0 Å². The Hall–Kier alpha value is -1.55. The van der Waals surface area contributed by atoms with E-state index in [0.29, 0.717) is 0 Å². The number of rotatable bonds is 6. The predicted octanol–water partition coefficient (Wildman–Crippen LogP) is 3.89. The summed E-state index contributed by atoms with van der Waals surface area (Å²) in [7, 11) is 0. The van der Waals surface area contributed by atoms with Gasteiger partial charge in [0.1, 0.15) is 5.82 Å². The molecule has 0 fully saturated rings. The van der Waals surface area contributed by atoms with Crippen LogP contribution in [0.25, 0.3) is 0 Å². The maximum absolute atomic E-state index is 4.29. The first kappa shape index (κ1) is 12.9. The van der Waals surface area contributed by atoms with Crippen LogP contribution in [-0.4, -0.2) is 11.5 Å². The molecule has 0 aromatic carbocycles. The van der Waals surface area contributed by atoms with Gasteiger partial charge >= 0.3 is 0 Å². The lowest BCUT2D eigenvalue weighted by Gasteiger charge is -2.08. The van der Waals surface area contributed by atoms with Crippen LogP contribution in [0.4, 0.5) is 11.5 Å². The van der Waals surface area contributed by atoms with Gasteiger partial charge in [0.2, 0.25) is 0 Å². The molecule has 2 aromatic rings. The van der Waals surface area contributed by atoms with Crippen molar-refractivity contribution in [3.63, 3.8) is 0 Å². The summed E-state index contributed by atoms with van der Waals surface area (Å²) in [6, 6.07) is 6.21. The smallest absolute Gasteiger partial charge is 0.127 e. The second kappa shape index (κ2) is 6.40. The summed E-state index contributed by atoms with van der Waals surface area (Å²) in [5.74, 6) is 0.935. The van der Waals surface area contributed by atoms with Crippen LogP contribution in [0, 0.1) is 6.92 Å². The highest BCUT2D eigenvalue weighted by atomic mass is 32.1. The van der Waals surface area contributed by atoms with Crippen molar-refractivity contribution >= 4 is 22.8 Å². The average Bonchev–Trinajstić information content (AvgIpc) is 2.80. The van der Waals surface area contributed by atoms with Crippen LogP contribution in [-0.2, 0) is 6.54 Å². The highest BCUT2D eigenvalue weighted by molar-refractivity contribution is 7.10. The minimum absolute atomic E-state index is 0.876. The van der Waals surface area contributed by atoms with E-state index in [1.165, 1.54) is 10.4 Å². The van der Waals surface area contributed by atoms with Gasteiger partial charge in [-0.15, -0.1) is 11.3 Å². The standard InChI is InChI=1S/C14H19N3S/c1-3-6-15-14-9-12(4-7-16-14)17-10-13-11(2)5-8-18-13/h4-5,7-9H,3,6,10H2,1-2H3,(H2,15,16,17). The summed E-state index contributed by atoms with van der Waals surface area (Å²) in [5, 5.41) is 8.86. The lowest BCUT2D eigenvalue weighted by molar-refractivity contribution is 0.969. The lowest BCUT2D eigenvalue weighted by Crippen LogP contribution is -2.03. The summed E-state index contributed by atoms with van der Waals surface area (Å²) in [6.07, 6.45) is 2.94. The number of hydrogen-bond acceptors (Lipinski definition) is 4. The van der Waals surface area contributed by atoms with Gasteiger partial charge in [-0.1, -0.05) is 6.92 Å². The average molecular weight is 261 g/mol. The molecule has 0 bridgehead atoms. The van der Waals surface area contributed by atoms with E-state index in [-0.39, 0.29) is 0 Å². The van der Waals surface area contributed by atoms with Crippen molar-refractivity contribution in [2.24, 2.45) is 0 Å². The molecule has 0 saturated heterocycles. The number of aromatic nitrogens is 1. The van der Waals surface area contributed by atoms with E-state index in [2.05, 4.69) is 47.0 Å². The van der Waals surface area contributed by atoms with Gasteiger partial charge in [-0.3, -0.25) is 0 Å². The van der Waals surface area contributed by atoms with Crippen LogP contribution >= 0.6 is 11.3 Å². The molecule has 96 valence electrons. The molecule has 0 atom stereocenters. The summed E-state index contributed by atoms with van der Waals surface area (Å²) in [6.45, 7) is 6.13. The van der Waals surface area contributed by atoms with Crippen molar-refractivity contribution in [2.75, 3.05) is 17.2 Å². The Bertz CT molecular complexity index is 493. The molecule has 0 amide bonds. The lowest BCUT2D eigenvalue weighted by atomic mass is 10.3. The maximum Gasteiger partial charge on any atom is 0.127 e. The van der Waals surface area contributed by atoms with Crippen molar-refractivity contribution < 1.29 is 0 Å². The fraction of sp³-hybridized carbons (Fsp3) is 0.357. The van der Waals surface area contributed by atoms with E-state index >= 15 is 0 Å². The zero-order chi connectivity index (χ0) is 12.8. The second-order valence-electron chi connectivity index (χ2n) is 4.24. The number of nitrogens with zero attached hydrogens (tertiary/aromatic N) is 1. The fourth-order valence-corrected chi connectivity index (χ4v) is 2.50. The Balaban J connectivity index is 1.95. The summed E-state index contributed by atoms with van der Waals surface area (Å²) < 4.78 is 0. The molecule has 2 N–H and O–H groups in total. The van der Waals surface area contributed by atoms with E-state index in [1.54, 1.807) is 11.3 Å². The molecule has 0 spiro atoms. The molecule has 0 aliphatic heterocycles. The quantitative estimate of drug-likeness (QED) is 0.828.